The van der Waals surface area contributed by atoms with E-state index in [1.807, 2.05) is 0 Å². The van der Waals surface area contributed by atoms with Crippen molar-refractivity contribution in [3.05, 3.63) is 0 Å². The highest BCUT2D eigenvalue weighted by molar-refractivity contribution is 5.96. The van der Waals surface area contributed by atoms with Crippen LogP contribution >= 0.6 is 0 Å². The number of carboxylic acid groups (broad SMARTS) is 2. The van der Waals surface area contributed by atoms with Gasteiger partial charge in [0.25, 0.3) is 0 Å². The van der Waals surface area contributed by atoms with Gasteiger partial charge in [-0.2, -0.15) is 0 Å². The Morgan fingerprint density at radius 2 is 1.50 bits per heavy atom. The second-order valence-electron chi connectivity index (χ2n) is 10.4. The van der Waals surface area contributed by atoms with Crippen LogP contribution in [0.25, 0.3) is 0 Å². The van der Waals surface area contributed by atoms with Gasteiger partial charge in [0.2, 0.25) is 23.6 Å². The zero-order valence-electron chi connectivity index (χ0n) is 22.5. The Kier molecular flexibility index (Phi) is 12.6. The topological polar surface area (TPSA) is 228 Å². The van der Waals surface area contributed by atoms with E-state index >= 15 is 0 Å². The Balaban J connectivity index is 3.03. The van der Waals surface area contributed by atoms with Crippen molar-refractivity contribution >= 4 is 35.6 Å². The highest BCUT2D eigenvalue weighted by atomic mass is 16.4. The summed E-state index contributed by atoms with van der Waals surface area (Å²) in [4.78, 5) is 75.3. The molecule has 1 aliphatic heterocycles. The molecule has 1 rings (SSSR count). The Hall–Kier alpha value is -3.26. The lowest BCUT2D eigenvalue weighted by molar-refractivity contribution is -0.147. The van der Waals surface area contributed by atoms with Gasteiger partial charge >= 0.3 is 11.9 Å². The first kappa shape index (κ1) is 32.8. The van der Waals surface area contributed by atoms with Gasteiger partial charge in [-0.25, -0.2) is 4.79 Å². The summed E-state index contributed by atoms with van der Waals surface area (Å²) in [6.07, 6.45) is -1.29. The van der Waals surface area contributed by atoms with Crippen molar-refractivity contribution in [1.82, 2.24) is 20.9 Å². The second kappa shape index (κ2) is 14.6. The summed E-state index contributed by atoms with van der Waals surface area (Å²) in [6.45, 7) is 8.65. The summed E-state index contributed by atoms with van der Waals surface area (Å²) in [7, 11) is 0. The van der Waals surface area contributed by atoms with Gasteiger partial charge in [0, 0.05) is 6.54 Å². The SMILES string of the molecule is CC(C)C[C@H](NC(=O)[C@@H](NC(=O)[C@@H]1CCCN1C(=O)[C@@H](N)C(C)C)[C@@H](C)O)C(=O)N[C@@H](CC(=O)O)C(=O)O. The first-order valence-electron chi connectivity index (χ1n) is 12.7. The fourth-order valence-corrected chi connectivity index (χ4v) is 4.05. The van der Waals surface area contributed by atoms with Crippen molar-refractivity contribution in [2.75, 3.05) is 6.54 Å². The van der Waals surface area contributed by atoms with Crippen molar-refractivity contribution in [2.45, 2.75) is 96.6 Å². The van der Waals surface area contributed by atoms with E-state index < -0.39 is 78.3 Å². The molecule has 0 saturated carbocycles. The number of nitrogens with two attached hydrogens (primary N) is 1. The molecule has 0 aromatic heterocycles. The number of hydrogen-bond acceptors (Lipinski definition) is 8. The number of carboxylic acids is 2. The Bertz CT molecular complexity index is 893. The highest BCUT2D eigenvalue weighted by Gasteiger charge is 2.39. The third kappa shape index (κ3) is 9.56. The van der Waals surface area contributed by atoms with Crippen LogP contribution in [0.4, 0.5) is 0 Å². The second-order valence-corrected chi connectivity index (χ2v) is 10.4. The maximum absolute atomic E-state index is 13.1. The lowest BCUT2D eigenvalue weighted by Gasteiger charge is -2.30. The van der Waals surface area contributed by atoms with Gasteiger partial charge in [-0.3, -0.25) is 24.0 Å². The van der Waals surface area contributed by atoms with Crippen LogP contribution in [-0.4, -0.2) is 98.6 Å². The summed E-state index contributed by atoms with van der Waals surface area (Å²) in [5.41, 5.74) is 5.97. The first-order chi connectivity index (χ1) is 17.6. The molecule has 0 bridgehead atoms. The molecule has 0 radical (unpaired) electrons. The van der Waals surface area contributed by atoms with Gasteiger partial charge in [-0.1, -0.05) is 27.7 Å². The minimum absolute atomic E-state index is 0.0649. The number of aliphatic hydroxyl groups is 1. The number of aliphatic hydroxyl groups excluding tert-OH is 1. The van der Waals surface area contributed by atoms with Crippen LogP contribution in [0.5, 0.6) is 0 Å². The number of carbonyl (C=O) groups excluding carboxylic acids is 4. The molecule has 0 aliphatic carbocycles. The van der Waals surface area contributed by atoms with Crippen LogP contribution in [0.1, 0.15) is 60.3 Å². The molecule has 1 fully saturated rings. The molecule has 1 saturated heterocycles. The minimum atomic E-state index is -1.72. The Morgan fingerprint density at radius 1 is 0.921 bits per heavy atom. The van der Waals surface area contributed by atoms with Gasteiger partial charge in [0.15, 0.2) is 0 Å². The summed E-state index contributed by atoms with van der Waals surface area (Å²) in [5.74, 6) is -6.17. The summed E-state index contributed by atoms with van der Waals surface area (Å²) in [6, 6.07) is -6.17. The number of nitrogens with one attached hydrogen (secondary N) is 3. The smallest absolute Gasteiger partial charge is 0.326 e. The largest absolute Gasteiger partial charge is 0.481 e. The van der Waals surface area contributed by atoms with Gasteiger partial charge in [-0.15, -0.1) is 0 Å². The van der Waals surface area contributed by atoms with E-state index in [0.29, 0.717) is 19.4 Å². The lowest BCUT2D eigenvalue weighted by atomic mass is 10.0. The predicted molar refractivity (Wildman–Crippen MR) is 134 cm³/mol. The van der Waals surface area contributed by atoms with E-state index in [0.717, 1.165) is 0 Å². The third-order valence-corrected chi connectivity index (χ3v) is 6.24. The molecule has 14 nitrogen and oxygen atoms in total. The zero-order chi connectivity index (χ0) is 29.3. The summed E-state index contributed by atoms with van der Waals surface area (Å²) in [5, 5.41) is 35.4. The number of likely N-dealkylation sites (tertiary alicyclic amines) is 1. The number of hydrogen-bond donors (Lipinski definition) is 7. The molecule has 38 heavy (non-hydrogen) atoms. The normalized spacial score (nSPS) is 19.3. The van der Waals surface area contributed by atoms with E-state index in [1.165, 1.54) is 11.8 Å². The zero-order valence-corrected chi connectivity index (χ0v) is 22.5. The number of aliphatic carboxylic acids is 2. The Morgan fingerprint density at radius 3 is 1.97 bits per heavy atom. The number of amides is 4. The van der Waals surface area contributed by atoms with Gasteiger partial charge in [0.05, 0.1) is 18.6 Å². The highest BCUT2D eigenvalue weighted by Crippen LogP contribution is 2.20. The van der Waals surface area contributed by atoms with Crippen LogP contribution in [-0.2, 0) is 28.8 Å². The van der Waals surface area contributed by atoms with Crippen LogP contribution < -0.4 is 21.7 Å². The first-order valence-corrected chi connectivity index (χ1v) is 12.7. The maximum atomic E-state index is 13.1. The molecule has 8 N–H and O–H groups in total. The standard InChI is InChI=1S/C24H41N5O9/c1-11(2)9-14(20(33)27-15(24(37)38)10-17(31)32)26-22(35)19(13(5)30)28-21(34)16-7-6-8-29(16)23(36)18(25)12(3)4/h11-16,18-19,30H,6-10,25H2,1-5H3,(H,26,35)(H,27,33)(H,28,34)(H,31,32)(H,37,38)/t13-,14+,15+,16+,18+,19+/m1/s1. The van der Waals surface area contributed by atoms with Crippen LogP contribution in [0.15, 0.2) is 0 Å². The Labute approximate surface area is 221 Å². The maximum Gasteiger partial charge on any atom is 0.326 e. The van der Waals surface area contributed by atoms with Crippen LogP contribution in [0.2, 0.25) is 0 Å². The quantitative estimate of drug-likeness (QED) is 0.133. The van der Waals surface area contributed by atoms with Crippen molar-refractivity contribution in [3.63, 3.8) is 0 Å². The van der Waals surface area contributed by atoms with Gasteiger partial charge in [-0.05, 0) is 38.0 Å². The number of nitrogens with zero attached hydrogens (tertiary/aromatic N) is 1. The summed E-state index contributed by atoms with van der Waals surface area (Å²) >= 11 is 0. The van der Waals surface area contributed by atoms with Crippen LogP contribution in [0.3, 0.4) is 0 Å². The molecule has 1 aliphatic rings. The molecular weight excluding hydrogens is 502 g/mol. The molecule has 216 valence electrons. The van der Waals surface area contributed by atoms with Gasteiger partial charge in [0.1, 0.15) is 24.2 Å². The molecule has 0 unspecified atom stereocenters. The van der Waals surface area contributed by atoms with Crippen molar-refractivity contribution in [3.8, 4) is 0 Å². The van der Waals surface area contributed by atoms with Crippen molar-refractivity contribution < 1.29 is 44.1 Å². The number of carbonyl (C=O) groups is 6. The molecular formula is C24H41N5O9. The van der Waals surface area contributed by atoms with E-state index in [2.05, 4.69) is 16.0 Å². The average Bonchev–Trinajstić information content (AvgIpc) is 3.29. The molecule has 6 atom stereocenters. The van der Waals surface area contributed by atoms with E-state index in [1.54, 1.807) is 27.7 Å². The monoisotopic (exact) mass is 543 g/mol. The molecule has 1 heterocycles. The van der Waals surface area contributed by atoms with Gasteiger partial charge < -0.3 is 41.9 Å². The molecule has 4 amide bonds. The minimum Gasteiger partial charge on any atom is -0.481 e. The van der Waals surface area contributed by atoms with E-state index in [9.17, 15) is 39.0 Å². The molecule has 0 aromatic rings. The predicted octanol–water partition coefficient (Wildman–Crippen LogP) is -1.60. The van der Waals surface area contributed by atoms with Crippen molar-refractivity contribution in [2.24, 2.45) is 17.6 Å². The third-order valence-electron chi connectivity index (χ3n) is 6.24. The van der Waals surface area contributed by atoms with E-state index in [4.69, 9.17) is 10.8 Å². The fourth-order valence-electron chi connectivity index (χ4n) is 4.05. The summed E-state index contributed by atoms with van der Waals surface area (Å²) < 4.78 is 0. The fraction of sp³-hybridized carbons (Fsp3) is 0.750. The molecule has 0 spiro atoms. The molecule has 14 heteroatoms. The molecule has 0 aromatic carbocycles. The average molecular weight is 544 g/mol. The lowest BCUT2D eigenvalue weighted by Crippen LogP contribution is -2.61. The van der Waals surface area contributed by atoms with Crippen LogP contribution in [0, 0.1) is 11.8 Å². The van der Waals surface area contributed by atoms with E-state index in [-0.39, 0.29) is 18.3 Å². The van der Waals surface area contributed by atoms with Crippen molar-refractivity contribution in [1.29, 1.82) is 0 Å². The number of rotatable bonds is 14.